The van der Waals surface area contributed by atoms with Gasteiger partial charge in [0.25, 0.3) is 10.0 Å². The lowest BCUT2D eigenvalue weighted by molar-refractivity contribution is -0.143. The lowest BCUT2D eigenvalue weighted by atomic mass is 10.1. The van der Waals surface area contributed by atoms with E-state index in [4.69, 9.17) is 5.11 Å². The molecule has 0 fully saturated rings. The van der Waals surface area contributed by atoms with Crippen molar-refractivity contribution in [2.24, 2.45) is 5.92 Å². The molecule has 0 aromatic carbocycles. The molecule has 7 nitrogen and oxygen atoms in total. The van der Waals surface area contributed by atoms with Crippen molar-refractivity contribution in [2.75, 3.05) is 13.6 Å². The molecule has 0 radical (unpaired) electrons. The van der Waals surface area contributed by atoms with Crippen molar-refractivity contribution in [3.63, 3.8) is 0 Å². The van der Waals surface area contributed by atoms with Gasteiger partial charge in [0.15, 0.2) is 0 Å². The second-order valence-corrected chi connectivity index (χ2v) is 8.04. The molecule has 1 amide bonds. The number of likely N-dealkylation sites (N-methyl/N-ethyl adjacent to an activating group) is 1. The fourth-order valence-corrected chi connectivity index (χ4v) is 3.91. The van der Waals surface area contributed by atoms with Crippen LogP contribution in [0.4, 0.5) is 0 Å². The molecule has 0 aliphatic heterocycles. The number of nitrogens with zero attached hydrogens (tertiary/aromatic N) is 1. The number of hydrogen-bond donors (Lipinski definition) is 2. The first-order chi connectivity index (χ1) is 9.66. The van der Waals surface area contributed by atoms with Crippen LogP contribution in [0.5, 0.6) is 0 Å². The summed E-state index contributed by atoms with van der Waals surface area (Å²) in [5, 5.41) is 12.9. The number of hydrogen-bond acceptors (Lipinski definition) is 5. The Morgan fingerprint density at radius 2 is 2.05 bits per heavy atom. The predicted octanol–water partition coefficient (Wildman–Crippen LogP) is 0.594. The van der Waals surface area contributed by atoms with Crippen LogP contribution < -0.4 is 5.32 Å². The van der Waals surface area contributed by atoms with Crippen LogP contribution in [0.3, 0.4) is 0 Å². The molecule has 21 heavy (non-hydrogen) atoms. The van der Waals surface area contributed by atoms with Gasteiger partial charge in [-0.15, -0.1) is 11.3 Å². The highest BCUT2D eigenvalue weighted by molar-refractivity contribution is 7.91. The van der Waals surface area contributed by atoms with Crippen molar-refractivity contribution < 1.29 is 23.1 Å². The molecule has 0 spiro atoms. The van der Waals surface area contributed by atoms with E-state index in [9.17, 15) is 18.0 Å². The van der Waals surface area contributed by atoms with Gasteiger partial charge in [0, 0.05) is 7.05 Å². The first-order valence-electron chi connectivity index (χ1n) is 6.18. The number of thiophene rings is 1. The van der Waals surface area contributed by atoms with Gasteiger partial charge in [0.05, 0.1) is 6.54 Å². The zero-order valence-corrected chi connectivity index (χ0v) is 13.6. The van der Waals surface area contributed by atoms with Crippen molar-refractivity contribution in [1.29, 1.82) is 0 Å². The second-order valence-electron chi connectivity index (χ2n) is 4.82. The van der Waals surface area contributed by atoms with E-state index in [1.165, 1.54) is 13.1 Å². The summed E-state index contributed by atoms with van der Waals surface area (Å²) in [6, 6.07) is 2.00. The molecule has 0 aliphatic rings. The quantitative estimate of drug-likeness (QED) is 0.760. The standard InChI is InChI=1S/C12H18N2O5S2/c1-8(2)11(12(16)17)13-9(15)7-14(3)21(18,19)10-5-4-6-20-10/h4-6,8,11H,7H2,1-3H3,(H,13,15)(H,16,17)/t11-/m1/s1. The van der Waals surface area contributed by atoms with E-state index in [0.717, 1.165) is 15.6 Å². The molecule has 0 bridgehead atoms. The molecule has 0 unspecified atom stereocenters. The van der Waals surface area contributed by atoms with E-state index in [0.29, 0.717) is 0 Å². The van der Waals surface area contributed by atoms with Crippen LogP contribution in [0.2, 0.25) is 0 Å². The number of aliphatic carboxylic acids is 1. The summed E-state index contributed by atoms with van der Waals surface area (Å²) in [7, 11) is -2.45. The maximum absolute atomic E-state index is 12.1. The van der Waals surface area contributed by atoms with E-state index < -0.39 is 34.5 Å². The maximum atomic E-state index is 12.1. The normalized spacial score (nSPS) is 13.4. The first kappa shape index (κ1) is 17.6. The number of carboxylic acids is 1. The number of amides is 1. The van der Waals surface area contributed by atoms with Gasteiger partial charge < -0.3 is 10.4 Å². The van der Waals surface area contributed by atoms with E-state index in [1.807, 2.05) is 0 Å². The van der Waals surface area contributed by atoms with Gasteiger partial charge in [0.1, 0.15) is 10.3 Å². The second kappa shape index (κ2) is 7.01. The third-order valence-electron chi connectivity index (χ3n) is 2.78. The Balaban J connectivity index is 2.73. The topological polar surface area (TPSA) is 104 Å². The number of carbonyl (C=O) groups is 2. The molecule has 1 aromatic rings. The Hall–Kier alpha value is -1.45. The van der Waals surface area contributed by atoms with Gasteiger partial charge in [-0.3, -0.25) is 4.79 Å². The third kappa shape index (κ3) is 4.51. The van der Waals surface area contributed by atoms with Crippen LogP contribution in [0, 0.1) is 5.92 Å². The number of nitrogens with one attached hydrogen (secondary N) is 1. The van der Waals surface area contributed by atoms with Crippen LogP contribution in [0.15, 0.2) is 21.7 Å². The Morgan fingerprint density at radius 3 is 2.48 bits per heavy atom. The van der Waals surface area contributed by atoms with Crippen LogP contribution in [0.25, 0.3) is 0 Å². The predicted molar refractivity (Wildman–Crippen MR) is 78.5 cm³/mol. The molecule has 1 atom stereocenters. The monoisotopic (exact) mass is 334 g/mol. The van der Waals surface area contributed by atoms with Crippen molar-refractivity contribution in [2.45, 2.75) is 24.1 Å². The third-order valence-corrected chi connectivity index (χ3v) is 5.95. The maximum Gasteiger partial charge on any atom is 0.326 e. The number of carbonyl (C=O) groups excluding carboxylic acids is 1. The summed E-state index contributed by atoms with van der Waals surface area (Å²) in [4.78, 5) is 22.8. The summed E-state index contributed by atoms with van der Waals surface area (Å²) in [6.45, 7) is 2.88. The average molecular weight is 334 g/mol. The summed E-state index contributed by atoms with van der Waals surface area (Å²) in [6.07, 6.45) is 0. The molecule has 9 heteroatoms. The van der Waals surface area contributed by atoms with Gasteiger partial charge in [0.2, 0.25) is 5.91 Å². The van der Waals surface area contributed by atoms with Crippen LogP contribution in [0.1, 0.15) is 13.8 Å². The van der Waals surface area contributed by atoms with Gasteiger partial charge in [-0.25, -0.2) is 13.2 Å². The minimum Gasteiger partial charge on any atom is -0.480 e. The van der Waals surface area contributed by atoms with Crippen LogP contribution in [-0.2, 0) is 19.6 Å². The summed E-state index contributed by atoms with van der Waals surface area (Å²) in [5.74, 6) is -2.11. The Bertz CT molecular complexity index is 595. The number of sulfonamides is 1. The molecule has 118 valence electrons. The molecular weight excluding hydrogens is 316 g/mol. The molecule has 2 N–H and O–H groups in total. The van der Waals surface area contributed by atoms with Gasteiger partial charge in [-0.1, -0.05) is 19.9 Å². The van der Waals surface area contributed by atoms with E-state index >= 15 is 0 Å². The van der Waals surface area contributed by atoms with Crippen LogP contribution >= 0.6 is 11.3 Å². The highest BCUT2D eigenvalue weighted by atomic mass is 32.2. The molecule has 0 saturated heterocycles. The van der Waals surface area contributed by atoms with Crippen LogP contribution in [-0.4, -0.2) is 49.3 Å². The van der Waals surface area contributed by atoms with Crippen molar-refractivity contribution in [3.8, 4) is 0 Å². The SMILES string of the molecule is CC(C)[C@@H](NC(=O)CN(C)S(=O)(=O)c1cccs1)C(=O)O. The van der Waals surface area contributed by atoms with E-state index in [-0.39, 0.29) is 10.1 Å². The van der Waals surface area contributed by atoms with Gasteiger partial charge in [-0.2, -0.15) is 4.31 Å². The lowest BCUT2D eigenvalue weighted by Crippen LogP contribution is -2.48. The van der Waals surface area contributed by atoms with Gasteiger partial charge >= 0.3 is 5.97 Å². The Kier molecular flexibility index (Phi) is 5.87. The first-order valence-corrected chi connectivity index (χ1v) is 8.50. The molecular formula is C12H18N2O5S2. The largest absolute Gasteiger partial charge is 0.480 e. The fraction of sp³-hybridized carbons (Fsp3) is 0.500. The summed E-state index contributed by atoms with van der Waals surface area (Å²) < 4.78 is 25.3. The number of rotatable bonds is 7. The van der Waals surface area contributed by atoms with E-state index in [2.05, 4.69) is 5.32 Å². The molecule has 1 aromatic heterocycles. The smallest absolute Gasteiger partial charge is 0.326 e. The molecule has 0 saturated carbocycles. The molecule has 1 heterocycles. The molecule has 1 rings (SSSR count). The summed E-state index contributed by atoms with van der Waals surface area (Å²) >= 11 is 1.05. The fourth-order valence-electron chi connectivity index (χ4n) is 1.58. The van der Waals surface area contributed by atoms with Crippen molar-refractivity contribution >= 4 is 33.2 Å². The summed E-state index contributed by atoms with van der Waals surface area (Å²) in [5.41, 5.74) is 0. The average Bonchev–Trinajstić information content (AvgIpc) is 2.89. The van der Waals surface area contributed by atoms with Crippen molar-refractivity contribution in [3.05, 3.63) is 17.5 Å². The molecule has 0 aliphatic carbocycles. The van der Waals surface area contributed by atoms with E-state index in [1.54, 1.807) is 25.3 Å². The highest BCUT2D eigenvalue weighted by Crippen LogP contribution is 2.19. The minimum atomic E-state index is -3.72. The Labute approximate surface area is 127 Å². The zero-order valence-electron chi connectivity index (χ0n) is 11.9. The minimum absolute atomic E-state index is 0.136. The van der Waals surface area contributed by atoms with Crippen molar-refractivity contribution in [1.82, 2.24) is 9.62 Å². The highest BCUT2D eigenvalue weighted by Gasteiger charge is 2.27. The number of carboxylic acid groups (broad SMARTS) is 1. The van der Waals surface area contributed by atoms with Gasteiger partial charge in [-0.05, 0) is 17.4 Å². The zero-order chi connectivity index (χ0) is 16.2. The Morgan fingerprint density at radius 1 is 1.43 bits per heavy atom. The lowest BCUT2D eigenvalue weighted by Gasteiger charge is -2.20.